The summed E-state index contributed by atoms with van der Waals surface area (Å²) in [6.45, 7) is 8.96. The molecule has 0 spiro atoms. The third-order valence-corrected chi connectivity index (χ3v) is 5.68. The van der Waals surface area contributed by atoms with Crippen molar-refractivity contribution in [2.24, 2.45) is 5.41 Å². The van der Waals surface area contributed by atoms with Crippen molar-refractivity contribution in [3.8, 4) is 5.75 Å². The molecule has 1 N–H and O–H groups in total. The SMILES string of the molecule is CCOC(=O)[C@@]1(Cc2cccc(OC)c2)CCCN(Cc2cc(C(C)C)n[nH]2)C1. The molecule has 0 aliphatic carbocycles. The number of carbonyl (C=O) groups excluding carboxylic acids is 1. The summed E-state index contributed by atoms with van der Waals surface area (Å²) in [4.78, 5) is 15.4. The van der Waals surface area contributed by atoms with Crippen molar-refractivity contribution in [2.45, 2.75) is 52.5 Å². The Hall–Kier alpha value is -2.34. The summed E-state index contributed by atoms with van der Waals surface area (Å²) >= 11 is 0. The summed E-state index contributed by atoms with van der Waals surface area (Å²) in [6.07, 6.45) is 2.45. The Morgan fingerprint density at radius 3 is 2.86 bits per heavy atom. The number of hydrogen-bond acceptors (Lipinski definition) is 5. The van der Waals surface area contributed by atoms with Gasteiger partial charge in [-0.2, -0.15) is 5.10 Å². The second-order valence-corrected chi connectivity index (χ2v) is 8.32. The number of aromatic nitrogens is 2. The molecule has 1 aliphatic heterocycles. The molecule has 3 rings (SSSR count). The maximum Gasteiger partial charge on any atom is 0.313 e. The zero-order valence-corrected chi connectivity index (χ0v) is 18.0. The number of H-pyrrole nitrogens is 1. The minimum atomic E-state index is -0.540. The predicted molar refractivity (Wildman–Crippen MR) is 113 cm³/mol. The van der Waals surface area contributed by atoms with Crippen LogP contribution in [0.3, 0.4) is 0 Å². The molecule has 1 fully saturated rings. The Morgan fingerprint density at radius 1 is 1.34 bits per heavy atom. The van der Waals surface area contributed by atoms with Gasteiger partial charge in [-0.15, -0.1) is 0 Å². The Balaban J connectivity index is 1.79. The van der Waals surface area contributed by atoms with Crippen molar-refractivity contribution < 1.29 is 14.3 Å². The van der Waals surface area contributed by atoms with E-state index in [1.165, 1.54) is 0 Å². The number of piperidine rings is 1. The normalized spacial score (nSPS) is 20.0. The van der Waals surface area contributed by atoms with E-state index >= 15 is 0 Å². The standard InChI is InChI=1S/C23H33N3O3/c1-5-29-22(27)23(14-18-8-6-9-20(12-18)28-4)10-7-11-26(16-23)15-19-13-21(17(2)3)25-24-19/h6,8-9,12-13,17H,5,7,10-11,14-16H2,1-4H3,(H,24,25)/t23-/m1/s1. The third kappa shape index (κ3) is 5.18. The number of likely N-dealkylation sites (tertiary alicyclic amines) is 1. The van der Waals surface area contributed by atoms with Gasteiger partial charge in [-0.1, -0.05) is 26.0 Å². The van der Waals surface area contributed by atoms with Gasteiger partial charge in [0.05, 0.1) is 24.8 Å². The van der Waals surface area contributed by atoms with Crippen LogP contribution in [-0.2, 0) is 22.5 Å². The average molecular weight is 400 g/mol. The Morgan fingerprint density at radius 2 is 2.17 bits per heavy atom. The average Bonchev–Trinajstić information content (AvgIpc) is 3.17. The Kier molecular flexibility index (Phi) is 6.96. The van der Waals surface area contributed by atoms with Crippen LogP contribution >= 0.6 is 0 Å². The summed E-state index contributed by atoms with van der Waals surface area (Å²) in [5.41, 5.74) is 2.73. The van der Waals surface area contributed by atoms with E-state index in [4.69, 9.17) is 9.47 Å². The van der Waals surface area contributed by atoms with Crippen molar-refractivity contribution in [3.05, 3.63) is 47.3 Å². The van der Waals surface area contributed by atoms with Gasteiger partial charge in [0.25, 0.3) is 0 Å². The van der Waals surface area contributed by atoms with Crippen LogP contribution in [0, 0.1) is 5.41 Å². The smallest absolute Gasteiger partial charge is 0.313 e. The summed E-state index contributed by atoms with van der Waals surface area (Å²) < 4.78 is 10.9. The number of carbonyl (C=O) groups is 1. The van der Waals surface area contributed by atoms with Crippen molar-refractivity contribution in [2.75, 3.05) is 26.8 Å². The van der Waals surface area contributed by atoms with E-state index in [-0.39, 0.29) is 5.97 Å². The Labute approximate surface area is 173 Å². The van der Waals surface area contributed by atoms with E-state index in [1.807, 2.05) is 25.1 Å². The fourth-order valence-electron chi connectivity index (χ4n) is 4.20. The van der Waals surface area contributed by atoms with Crippen LogP contribution in [0.1, 0.15) is 56.5 Å². The molecule has 2 aromatic rings. The number of rotatable bonds is 8. The van der Waals surface area contributed by atoms with Crippen LogP contribution in [0.5, 0.6) is 5.75 Å². The van der Waals surface area contributed by atoms with Crippen molar-refractivity contribution >= 4 is 5.97 Å². The second-order valence-electron chi connectivity index (χ2n) is 8.32. The second kappa shape index (κ2) is 9.44. The fraction of sp³-hybridized carbons (Fsp3) is 0.565. The molecule has 29 heavy (non-hydrogen) atoms. The van der Waals surface area contributed by atoms with Gasteiger partial charge < -0.3 is 9.47 Å². The molecule has 0 saturated carbocycles. The molecule has 0 radical (unpaired) electrons. The summed E-state index contributed by atoms with van der Waals surface area (Å²) in [7, 11) is 1.67. The lowest BCUT2D eigenvalue weighted by molar-refractivity contribution is -0.159. The van der Waals surface area contributed by atoms with E-state index in [0.717, 1.165) is 48.6 Å². The first-order valence-corrected chi connectivity index (χ1v) is 10.5. The number of methoxy groups -OCH3 is 1. The molecule has 0 unspecified atom stereocenters. The lowest BCUT2D eigenvalue weighted by atomic mass is 9.75. The number of hydrogen-bond donors (Lipinski definition) is 1. The lowest BCUT2D eigenvalue weighted by Crippen LogP contribution is -2.49. The molecular weight excluding hydrogens is 366 g/mol. The van der Waals surface area contributed by atoms with Crippen LogP contribution in [0.15, 0.2) is 30.3 Å². The molecule has 1 saturated heterocycles. The minimum Gasteiger partial charge on any atom is -0.497 e. The first-order chi connectivity index (χ1) is 14.0. The molecule has 1 aromatic carbocycles. The van der Waals surface area contributed by atoms with Crippen LogP contribution in [0.25, 0.3) is 0 Å². The first kappa shape index (κ1) is 21.4. The van der Waals surface area contributed by atoms with E-state index in [1.54, 1.807) is 7.11 Å². The van der Waals surface area contributed by atoms with Crippen molar-refractivity contribution in [1.29, 1.82) is 0 Å². The first-order valence-electron chi connectivity index (χ1n) is 10.5. The summed E-state index contributed by atoms with van der Waals surface area (Å²) in [6, 6.07) is 10.1. The van der Waals surface area contributed by atoms with Gasteiger partial charge in [0.2, 0.25) is 0 Å². The molecule has 1 aromatic heterocycles. The van der Waals surface area contributed by atoms with E-state index in [0.29, 0.717) is 25.5 Å². The molecule has 6 heteroatoms. The van der Waals surface area contributed by atoms with E-state index in [9.17, 15) is 4.79 Å². The summed E-state index contributed by atoms with van der Waals surface area (Å²) in [5.74, 6) is 1.11. The monoisotopic (exact) mass is 399 g/mol. The molecule has 0 amide bonds. The fourth-order valence-corrected chi connectivity index (χ4v) is 4.20. The molecule has 158 valence electrons. The molecule has 6 nitrogen and oxygen atoms in total. The van der Waals surface area contributed by atoms with E-state index < -0.39 is 5.41 Å². The highest BCUT2D eigenvalue weighted by Crippen LogP contribution is 2.36. The zero-order chi connectivity index (χ0) is 20.9. The highest BCUT2D eigenvalue weighted by Gasteiger charge is 2.43. The van der Waals surface area contributed by atoms with Gasteiger partial charge in [0, 0.05) is 18.8 Å². The summed E-state index contributed by atoms with van der Waals surface area (Å²) in [5, 5.41) is 7.57. The predicted octanol–water partition coefficient (Wildman–Crippen LogP) is 3.93. The number of nitrogens with one attached hydrogen (secondary N) is 1. The topological polar surface area (TPSA) is 67.5 Å². The Bertz CT molecular complexity index is 817. The van der Waals surface area contributed by atoms with Gasteiger partial charge in [0.1, 0.15) is 5.75 Å². The van der Waals surface area contributed by atoms with Gasteiger partial charge >= 0.3 is 5.97 Å². The van der Waals surface area contributed by atoms with E-state index in [2.05, 4.69) is 41.1 Å². The van der Waals surface area contributed by atoms with Gasteiger partial charge in [-0.3, -0.25) is 14.8 Å². The maximum absolute atomic E-state index is 13.1. The van der Waals surface area contributed by atoms with Gasteiger partial charge in [0.15, 0.2) is 0 Å². The van der Waals surface area contributed by atoms with Gasteiger partial charge in [-0.25, -0.2) is 0 Å². The number of esters is 1. The van der Waals surface area contributed by atoms with Crippen molar-refractivity contribution in [3.63, 3.8) is 0 Å². The highest BCUT2D eigenvalue weighted by molar-refractivity contribution is 5.78. The van der Waals surface area contributed by atoms with Gasteiger partial charge in [-0.05, 0) is 62.4 Å². The quantitative estimate of drug-likeness (QED) is 0.681. The minimum absolute atomic E-state index is 0.0972. The van der Waals surface area contributed by atoms with Crippen molar-refractivity contribution in [1.82, 2.24) is 15.1 Å². The van der Waals surface area contributed by atoms with Crippen LogP contribution in [0.2, 0.25) is 0 Å². The molecule has 1 atom stereocenters. The molecule has 0 bridgehead atoms. The number of benzene rings is 1. The highest BCUT2D eigenvalue weighted by atomic mass is 16.5. The third-order valence-electron chi connectivity index (χ3n) is 5.68. The number of ether oxygens (including phenoxy) is 2. The lowest BCUT2D eigenvalue weighted by Gasteiger charge is -2.41. The van der Waals surface area contributed by atoms with Crippen LogP contribution < -0.4 is 4.74 Å². The molecular formula is C23H33N3O3. The number of nitrogens with zero attached hydrogens (tertiary/aromatic N) is 2. The molecule has 1 aliphatic rings. The van der Waals surface area contributed by atoms with Crippen LogP contribution in [-0.4, -0.2) is 47.9 Å². The zero-order valence-electron chi connectivity index (χ0n) is 18.0. The largest absolute Gasteiger partial charge is 0.497 e. The van der Waals surface area contributed by atoms with Crippen LogP contribution in [0.4, 0.5) is 0 Å². The maximum atomic E-state index is 13.1. The number of aromatic amines is 1. The molecule has 2 heterocycles.